The molecule has 0 saturated carbocycles. The van der Waals surface area contributed by atoms with Gasteiger partial charge in [0.2, 0.25) is 0 Å². The van der Waals surface area contributed by atoms with Crippen LogP contribution in [0.4, 0.5) is 0 Å². The van der Waals surface area contributed by atoms with Crippen molar-refractivity contribution in [2.24, 2.45) is 0 Å². The van der Waals surface area contributed by atoms with Gasteiger partial charge >= 0.3 is 0 Å². The summed E-state index contributed by atoms with van der Waals surface area (Å²) >= 11 is 0. The van der Waals surface area contributed by atoms with Crippen LogP contribution in [0.1, 0.15) is 51.8 Å². The number of nitrogens with zero attached hydrogens (tertiary/aromatic N) is 6. The molecular formula is C22H26N6O2. The minimum absolute atomic E-state index is 0.228. The molecule has 0 amide bonds. The highest BCUT2D eigenvalue weighted by molar-refractivity contribution is 5.88. The Morgan fingerprint density at radius 2 is 1.73 bits per heavy atom. The van der Waals surface area contributed by atoms with Crippen LogP contribution >= 0.6 is 0 Å². The summed E-state index contributed by atoms with van der Waals surface area (Å²) in [7, 11) is 0. The molecule has 0 bridgehead atoms. The Bertz CT molecular complexity index is 1330. The maximum Gasteiger partial charge on any atom is 0.296 e. The third-order valence-electron chi connectivity index (χ3n) is 5.13. The van der Waals surface area contributed by atoms with E-state index in [1.807, 2.05) is 51.1 Å². The second-order valence-corrected chi connectivity index (χ2v) is 8.58. The van der Waals surface area contributed by atoms with Crippen LogP contribution in [0.5, 0.6) is 0 Å². The Kier molecular flexibility index (Phi) is 5.01. The summed E-state index contributed by atoms with van der Waals surface area (Å²) < 4.78 is 4.59. The lowest BCUT2D eigenvalue weighted by molar-refractivity contribution is 0.487. The molecule has 156 valence electrons. The minimum Gasteiger partial charge on any atom is -0.294 e. The third-order valence-corrected chi connectivity index (χ3v) is 5.13. The first-order valence-electron chi connectivity index (χ1n) is 10.2. The number of hydrogen-bond donors (Lipinski definition) is 0. The molecule has 0 atom stereocenters. The Hall–Kier alpha value is -3.29. The summed E-state index contributed by atoms with van der Waals surface area (Å²) in [5.41, 5.74) is 1.11. The average molecular weight is 406 g/mol. The SMILES string of the molecule is CCCCn1nc(C(C)(C)C)c(=O)n2nc3ncn(Cc4ccccc4)c(=O)c3c12. The van der Waals surface area contributed by atoms with Crippen LogP contribution in [0.25, 0.3) is 16.7 Å². The Labute approximate surface area is 173 Å². The highest BCUT2D eigenvalue weighted by atomic mass is 16.1. The standard InChI is InChI=1S/C22H26N6O2/c1-5-6-12-27-19-16-18(25-28(19)21(30)17(24-27)22(2,3)4)23-14-26(20(16)29)13-15-10-8-7-9-11-15/h7-11,14H,5-6,12-13H2,1-4H3. The van der Waals surface area contributed by atoms with E-state index >= 15 is 0 Å². The van der Waals surface area contributed by atoms with E-state index in [0.29, 0.717) is 29.8 Å². The summed E-state index contributed by atoms with van der Waals surface area (Å²) in [5, 5.41) is 9.37. The summed E-state index contributed by atoms with van der Waals surface area (Å²) in [6.45, 7) is 8.92. The van der Waals surface area contributed by atoms with Crippen LogP contribution in [0.3, 0.4) is 0 Å². The molecule has 0 radical (unpaired) electrons. The second-order valence-electron chi connectivity index (χ2n) is 8.58. The van der Waals surface area contributed by atoms with E-state index in [9.17, 15) is 9.59 Å². The summed E-state index contributed by atoms with van der Waals surface area (Å²) in [6, 6.07) is 9.72. The van der Waals surface area contributed by atoms with Gasteiger partial charge in [0.25, 0.3) is 11.1 Å². The molecule has 0 aliphatic heterocycles. The molecular weight excluding hydrogens is 380 g/mol. The van der Waals surface area contributed by atoms with Crippen LogP contribution in [0, 0.1) is 0 Å². The van der Waals surface area contributed by atoms with Crippen LogP contribution in [-0.4, -0.2) is 28.9 Å². The lowest BCUT2D eigenvalue weighted by atomic mass is 9.93. The lowest BCUT2D eigenvalue weighted by Crippen LogP contribution is -2.33. The van der Waals surface area contributed by atoms with Gasteiger partial charge in [0.15, 0.2) is 11.3 Å². The fraction of sp³-hybridized carbons (Fsp3) is 0.409. The molecule has 0 fully saturated rings. The Morgan fingerprint density at radius 1 is 1.00 bits per heavy atom. The van der Waals surface area contributed by atoms with Gasteiger partial charge in [-0.3, -0.25) is 14.2 Å². The molecule has 0 unspecified atom stereocenters. The van der Waals surface area contributed by atoms with Gasteiger partial charge in [0.1, 0.15) is 17.4 Å². The number of fused-ring (bicyclic) bond motifs is 3. The number of hydrogen-bond acceptors (Lipinski definition) is 5. The van der Waals surface area contributed by atoms with Gasteiger partial charge in [0, 0.05) is 12.0 Å². The van der Waals surface area contributed by atoms with Gasteiger partial charge in [0.05, 0.1) is 6.54 Å². The monoisotopic (exact) mass is 406 g/mol. The molecule has 3 aromatic heterocycles. The molecule has 8 nitrogen and oxygen atoms in total. The molecule has 1 aromatic carbocycles. The molecule has 0 saturated heterocycles. The largest absolute Gasteiger partial charge is 0.296 e. The van der Waals surface area contributed by atoms with Crippen molar-refractivity contribution in [1.82, 2.24) is 28.9 Å². The van der Waals surface area contributed by atoms with Crippen molar-refractivity contribution in [3.05, 3.63) is 68.6 Å². The third kappa shape index (κ3) is 3.42. The quantitative estimate of drug-likeness (QED) is 0.509. The molecule has 0 spiro atoms. The van der Waals surface area contributed by atoms with E-state index in [1.54, 1.807) is 9.25 Å². The number of aromatic nitrogens is 6. The van der Waals surface area contributed by atoms with E-state index in [4.69, 9.17) is 0 Å². The van der Waals surface area contributed by atoms with Crippen molar-refractivity contribution < 1.29 is 0 Å². The van der Waals surface area contributed by atoms with Crippen molar-refractivity contribution in [3.8, 4) is 0 Å². The Morgan fingerprint density at radius 3 is 2.40 bits per heavy atom. The number of rotatable bonds is 5. The minimum atomic E-state index is -0.446. The molecule has 3 heterocycles. The first kappa shape index (κ1) is 20.0. The molecule has 0 aliphatic rings. The van der Waals surface area contributed by atoms with Crippen LogP contribution in [0.15, 0.2) is 46.2 Å². The molecule has 30 heavy (non-hydrogen) atoms. The average Bonchev–Trinajstić information content (AvgIpc) is 3.11. The molecule has 0 aliphatic carbocycles. The normalized spacial score (nSPS) is 12.1. The zero-order valence-corrected chi connectivity index (χ0v) is 17.8. The van der Waals surface area contributed by atoms with Gasteiger partial charge in [-0.2, -0.15) is 9.61 Å². The topological polar surface area (TPSA) is 87.1 Å². The summed E-state index contributed by atoms with van der Waals surface area (Å²) in [4.78, 5) is 30.9. The van der Waals surface area contributed by atoms with Crippen LogP contribution in [-0.2, 0) is 18.5 Å². The van der Waals surface area contributed by atoms with E-state index < -0.39 is 5.41 Å². The van der Waals surface area contributed by atoms with Crippen molar-refractivity contribution >= 4 is 16.7 Å². The highest BCUT2D eigenvalue weighted by Crippen LogP contribution is 2.19. The first-order valence-corrected chi connectivity index (χ1v) is 10.2. The first-order chi connectivity index (χ1) is 14.3. The molecule has 4 rings (SSSR count). The van der Waals surface area contributed by atoms with E-state index in [1.165, 1.54) is 10.8 Å². The second kappa shape index (κ2) is 7.51. The van der Waals surface area contributed by atoms with Crippen molar-refractivity contribution in [2.45, 2.75) is 59.0 Å². The summed E-state index contributed by atoms with van der Waals surface area (Å²) in [6.07, 6.45) is 3.33. The van der Waals surface area contributed by atoms with Gasteiger partial charge in [-0.25, -0.2) is 9.67 Å². The van der Waals surface area contributed by atoms with Crippen LogP contribution in [0.2, 0.25) is 0 Å². The van der Waals surface area contributed by atoms with Crippen LogP contribution < -0.4 is 11.1 Å². The number of unbranched alkanes of at least 4 members (excludes halogenated alkanes) is 1. The molecule has 4 aromatic rings. The molecule has 0 N–H and O–H groups in total. The van der Waals surface area contributed by atoms with Gasteiger partial charge in [-0.1, -0.05) is 64.4 Å². The summed E-state index contributed by atoms with van der Waals surface area (Å²) in [5.74, 6) is 0. The maximum atomic E-state index is 13.4. The maximum absolute atomic E-state index is 13.4. The zero-order valence-electron chi connectivity index (χ0n) is 17.8. The van der Waals surface area contributed by atoms with Gasteiger partial charge in [-0.05, 0) is 12.0 Å². The fourth-order valence-corrected chi connectivity index (χ4v) is 3.52. The number of benzene rings is 1. The van der Waals surface area contributed by atoms with Gasteiger partial charge < -0.3 is 0 Å². The highest BCUT2D eigenvalue weighted by Gasteiger charge is 2.26. The predicted molar refractivity (Wildman–Crippen MR) is 116 cm³/mol. The van der Waals surface area contributed by atoms with Crippen molar-refractivity contribution in [2.75, 3.05) is 0 Å². The number of aryl methyl sites for hydroxylation is 1. The Balaban J connectivity index is 2.01. The zero-order chi connectivity index (χ0) is 21.5. The van der Waals surface area contributed by atoms with Gasteiger partial charge in [-0.15, -0.1) is 5.10 Å². The fourth-order valence-electron chi connectivity index (χ4n) is 3.52. The van der Waals surface area contributed by atoms with Crippen molar-refractivity contribution in [1.29, 1.82) is 0 Å². The molecule has 8 heteroatoms. The van der Waals surface area contributed by atoms with E-state index in [2.05, 4.69) is 22.1 Å². The van der Waals surface area contributed by atoms with E-state index in [0.717, 1.165) is 18.4 Å². The van der Waals surface area contributed by atoms with E-state index in [-0.39, 0.29) is 16.8 Å². The lowest BCUT2D eigenvalue weighted by Gasteiger charge is -2.18. The predicted octanol–water partition coefficient (Wildman–Crippen LogP) is 2.75. The smallest absolute Gasteiger partial charge is 0.294 e. The van der Waals surface area contributed by atoms with Crippen molar-refractivity contribution in [3.63, 3.8) is 0 Å².